The normalized spacial score (nSPS) is 22.7. The van der Waals surface area contributed by atoms with Crippen molar-refractivity contribution in [2.75, 3.05) is 11.1 Å². The van der Waals surface area contributed by atoms with Crippen molar-refractivity contribution in [3.63, 3.8) is 0 Å². The molecule has 2 atom stereocenters. The summed E-state index contributed by atoms with van der Waals surface area (Å²) in [6, 6.07) is 0.264. The number of nitrogens with zero attached hydrogens (tertiary/aromatic N) is 1. The zero-order valence-electron chi connectivity index (χ0n) is 12.2. The van der Waals surface area contributed by atoms with Crippen molar-refractivity contribution >= 4 is 11.5 Å². The van der Waals surface area contributed by atoms with Crippen molar-refractivity contribution in [1.29, 1.82) is 0 Å². The first-order chi connectivity index (χ1) is 9.56. The Balaban J connectivity index is 2.25. The maximum absolute atomic E-state index is 11.9. The molecule has 1 aromatic heterocycles. The Kier molecular flexibility index (Phi) is 4.52. The molecular formula is C14H24N4O2. The van der Waals surface area contributed by atoms with E-state index in [1.807, 2.05) is 6.92 Å². The van der Waals surface area contributed by atoms with E-state index in [-0.39, 0.29) is 11.9 Å². The molecule has 1 heterocycles. The number of aromatic nitrogens is 2. The minimum Gasteiger partial charge on any atom is -0.383 e. The van der Waals surface area contributed by atoms with Crippen molar-refractivity contribution in [2.24, 2.45) is 5.92 Å². The molecule has 0 aliphatic heterocycles. The molecule has 1 aliphatic carbocycles. The highest BCUT2D eigenvalue weighted by Gasteiger charge is 2.22. The fraction of sp³-hybridized carbons (Fsp3) is 0.714. The average molecular weight is 280 g/mol. The Labute approximate surface area is 118 Å². The molecular weight excluding hydrogens is 256 g/mol. The number of hydrogen-bond donors (Lipinski definition) is 3. The number of anilines is 2. The van der Waals surface area contributed by atoms with Gasteiger partial charge in [-0.25, -0.2) is 4.79 Å². The predicted octanol–water partition coefficient (Wildman–Crippen LogP) is 1.52. The highest BCUT2D eigenvalue weighted by molar-refractivity contribution is 5.60. The van der Waals surface area contributed by atoms with E-state index in [1.165, 1.54) is 23.8 Å². The second-order valence-corrected chi connectivity index (χ2v) is 5.55. The number of nitrogens with two attached hydrogens (primary N) is 1. The van der Waals surface area contributed by atoms with Gasteiger partial charge in [0.2, 0.25) is 0 Å². The van der Waals surface area contributed by atoms with Crippen LogP contribution in [0.4, 0.5) is 11.5 Å². The Bertz CT molecular complexity index is 576. The van der Waals surface area contributed by atoms with E-state index in [1.54, 1.807) is 0 Å². The van der Waals surface area contributed by atoms with Crippen LogP contribution in [0.1, 0.15) is 46.0 Å². The van der Waals surface area contributed by atoms with Gasteiger partial charge in [-0.05, 0) is 25.7 Å². The lowest BCUT2D eigenvalue weighted by Crippen LogP contribution is -2.36. The third-order valence-corrected chi connectivity index (χ3v) is 4.26. The second-order valence-electron chi connectivity index (χ2n) is 5.55. The summed E-state index contributed by atoms with van der Waals surface area (Å²) < 4.78 is 1.38. The molecule has 0 bridgehead atoms. The number of hydrogen-bond acceptors (Lipinski definition) is 4. The van der Waals surface area contributed by atoms with E-state index in [2.05, 4.69) is 17.2 Å². The van der Waals surface area contributed by atoms with Gasteiger partial charge in [0.25, 0.3) is 5.56 Å². The third kappa shape index (κ3) is 2.89. The molecule has 2 rings (SSSR count). The Morgan fingerprint density at radius 3 is 2.75 bits per heavy atom. The topological polar surface area (TPSA) is 92.9 Å². The van der Waals surface area contributed by atoms with Crippen LogP contribution in [0.15, 0.2) is 9.59 Å². The molecule has 20 heavy (non-hydrogen) atoms. The van der Waals surface area contributed by atoms with Gasteiger partial charge in [0.15, 0.2) is 0 Å². The molecule has 112 valence electrons. The average Bonchev–Trinajstić information content (AvgIpc) is 2.44. The Morgan fingerprint density at radius 2 is 2.10 bits per heavy atom. The number of nitrogen functional groups attached to an aromatic ring is 1. The molecule has 0 saturated heterocycles. The van der Waals surface area contributed by atoms with Gasteiger partial charge in [0, 0.05) is 12.6 Å². The lowest BCUT2D eigenvalue weighted by Gasteiger charge is -2.30. The summed E-state index contributed by atoms with van der Waals surface area (Å²) in [5.41, 5.74) is 5.43. The summed E-state index contributed by atoms with van der Waals surface area (Å²) >= 11 is 0. The first kappa shape index (κ1) is 14.7. The van der Waals surface area contributed by atoms with Crippen molar-refractivity contribution in [1.82, 2.24) is 9.55 Å². The zero-order chi connectivity index (χ0) is 14.7. The number of nitrogens with one attached hydrogen (secondary N) is 2. The standard InChI is InChI=1S/C14H24N4O2/c1-3-9-6-5-7-10(8-9)16-11-12(15)18(4-2)14(20)17-13(11)19/h9-10,16H,3-8,15H2,1-2H3,(H,17,19,20). The number of rotatable bonds is 4. The van der Waals surface area contributed by atoms with E-state index in [0.29, 0.717) is 18.2 Å². The van der Waals surface area contributed by atoms with Crippen LogP contribution in [0.5, 0.6) is 0 Å². The van der Waals surface area contributed by atoms with Crippen LogP contribution in [-0.2, 0) is 6.54 Å². The molecule has 0 spiro atoms. The fourth-order valence-electron chi connectivity index (χ4n) is 3.04. The molecule has 6 nitrogen and oxygen atoms in total. The van der Waals surface area contributed by atoms with Crippen molar-refractivity contribution < 1.29 is 0 Å². The van der Waals surface area contributed by atoms with Crippen LogP contribution in [0.2, 0.25) is 0 Å². The minimum absolute atomic E-state index is 0.236. The van der Waals surface area contributed by atoms with Gasteiger partial charge < -0.3 is 11.1 Å². The van der Waals surface area contributed by atoms with Gasteiger partial charge in [-0.3, -0.25) is 14.3 Å². The summed E-state index contributed by atoms with van der Waals surface area (Å²) in [7, 11) is 0. The number of aromatic amines is 1. The first-order valence-electron chi connectivity index (χ1n) is 7.45. The van der Waals surface area contributed by atoms with E-state index in [4.69, 9.17) is 5.73 Å². The minimum atomic E-state index is -0.448. The van der Waals surface area contributed by atoms with Crippen LogP contribution in [0.3, 0.4) is 0 Å². The van der Waals surface area contributed by atoms with Gasteiger partial charge in [0.1, 0.15) is 11.5 Å². The van der Waals surface area contributed by atoms with Crippen LogP contribution >= 0.6 is 0 Å². The molecule has 0 amide bonds. The van der Waals surface area contributed by atoms with Crippen molar-refractivity contribution in [3.05, 3.63) is 20.8 Å². The van der Waals surface area contributed by atoms with Gasteiger partial charge in [-0.15, -0.1) is 0 Å². The van der Waals surface area contributed by atoms with Crippen molar-refractivity contribution in [3.8, 4) is 0 Å². The third-order valence-electron chi connectivity index (χ3n) is 4.26. The van der Waals surface area contributed by atoms with Gasteiger partial charge in [0.05, 0.1) is 0 Å². The lowest BCUT2D eigenvalue weighted by atomic mass is 9.84. The Morgan fingerprint density at radius 1 is 1.35 bits per heavy atom. The maximum Gasteiger partial charge on any atom is 0.330 e. The van der Waals surface area contributed by atoms with Crippen LogP contribution in [0, 0.1) is 5.92 Å². The Hall–Kier alpha value is -1.72. The summed E-state index contributed by atoms with van der Waals surface area (Å²) in [5, 5.41) is 3.26. The molecule has 0 aromatic carbocycles. The zero-order valence-corrected chi connectivity index (χ0v) is 12.2. The van der Waals surface area contributed by atoms with Crippen molar-refractivity contribution in [2.45, 2.75) is 58.5 Å². The molecule has 2 unspecified atom stereocenters. The largest absolute Gasteiger partial charge is 0.383 e. The highest BCUT2D eigenvalue weighted by atomic mass is 16.2. The van der Waals surface area contributed by atoms with Crippen LogP contribution in [-0.4, -0.2) is 15.6 Å². The number of H-pyrrole nitrogens is 1. The lowest BCUT2D eigenvalue weighted by molar-refractivity contribution is 0.327. The molecule has 4 N–H and O–H groups in total. The molecule has 1 fully saturated rings. The van der Waals surface area contributed by atoms with Gasteiger partial charge in [-0.1, -0.05) is 26.2 Å². The van der Waals surface area contributed by atoms with E-state index in [0.717, 1.165) is 12.8 Å². The maximum atomic E-state index is 11.9. The first-order valence-corrected chi connectivity index (χ1v) is 7.45. The monoisotopic (exact) mass is 280 g/mol. The molecule has 1 saturated carbocycles. The van der Waals surface area contributed by atoms with E-state index >= 15 is 0 Å². The summed E-state index contributed by atoms with van der Waals surface area (Å²) in [6.45, 7) is 4.47. The summed E-state index contributed by atoms with van der Waals surface area (Å²) in [6.07, 6.45) is 5.69. The van der Waals surface area contributed by atoms with E-state index < -0.39 is 11.2 Å². The second kappa shape index (κ2) is 6.15. The highest BCUT2D eigenvalue weighted by Crippen LogP contribution is 2.28. The molecule has 1 aromatic rings. The summed E-state index contributed by atoms with van der Waals surface area (Å²) in [5.74, 6) is 0.943. The van der Waals surface area contributed by atoms with E-state index in [9.17, 15) is 9.59 Å². The smallest absolute Gasteiger partial charge is 0.330 e. The fourth-order valence-corrected chi connectivity index (χ4v) is 3.04. The predicted molar refractivity (Wildman–Crippen MR) is 81.1 cm³/mol. The van der Waals surface area contributed by atoms with Gasteiger partial charge in [-0.2, -0.15) is 0 Å². The van der Waals surface area contributed by atoms with Crippen LogP contribution in [0.25, 0.3) is 0 Å². The molecule has 6 heteroatoms. The molecule has 1 aliphatic rings. The van der Waals surface area contributed by atoms with Crippen LogP contribution < -0.4 is 22.3 Å². The quantitative estimate of drug-likeness (QED) is 0.779. The SMILES string of the molecule is CCC1CCCC(Nc2c(N)n(CC)c(=O)[nH]c2=O)C1. The molecule has 0 radical (unpaired) electrons. The van der Waals surface area contributed by atoms with Gasteiger partial charge >= 0.3 is 5.69 Å². The summed E-state index contributed by atoms with van der Waals surface area (Å²) in [4.78, 5) is 25.9.